The molecule has 0 atom stereocenters. The minimum atomic E-state index is 0.821. The molecule has 0 saturated carbocycles. The Labute approximate surface area is 121 Å². The van der Waals surface area contributed by atoms with Gasteiger partial charge in [0.25, 0.3) is 0 Å². The number of allylic oxidation sites excluding steroid dienone is 1. The molecule has 0 bridgehead atoms. The van der Waals surface area contributed by atoms with Crippen LogP contribution >= 0.6 is 0 Å². The summed E-state index contributed by atoms with van der Waals surface area (Å²) in [6.07, 6.45) is 4.95. The largest absolute Gasteiger partial charge is 0.361 e. The minimum absolute atomic E-state index is 0.821. The maximum Gasteiger partial charge on any atom is 0.193 e. The Morgan fingerprint density at radius 1 is 1.50 bits per heavy atom. The van der Waals surface area contributed by atoms with Crippen molar-refractivity contribution in [3.63, 3.8) is 0 Å². The molecule has 1 heterocycles. The van der Waals surface area contributed by atoms with E-state index in [2.05, 4.69) is 26.9 Å². The van der Waals surface area contributed by atoms with Crippen molar-refractivity contribution in [3.05, 3.63) is 29.7 Å². The molecule has 0 fully saturated rings. The molecule has 0 aliphatic rings. The van der Waals surface area contributed by atoms with Crippen LogP contribution in [0, 0.1) is 13.8 Å². The maximum absolute atomic E-state index is 5.16. The normalized spacial score (nSPS) is 11.5. The Kier molecular flexibility index (Phi) is 6.84. The highest BCUT2D eigenvalue weighted by Crippen LogP contribution is 2.12. The Morgan fingerprint density at radius 3 is 2.80 bits per heavy atom. The summed E-state index contributed by atoms with van der Waals surface area (Å²) in [5.41, 5.74) is 2.15. The minimum Gasteiger partial charge on any atom is -0.361 e. The van der Waals surface area contributed by atoms with Crippen LogP contribution in [-0.2, 0) is 6.42 Å². The second-order valence-electron chi connectivity index (χ2n) is 4.88. The van der Waals surface area contributed by atoms with Gasteiger partial charge >= 0.3 is 0 Å². The summed E-state index contributed by atoms with van der Waals surface area (Å²) >= 11 is 0. The molecule has 5 nitrogen and oxygen atoms in total. The molecule has 0 radical (unpaired) electrons. The van der Waals surface area contributed by atoms with Gasteiger partial charge in [-0.15, -0.1) is 6.58 Å². The molecule has 0 aliphatic carbocycles. The number of unbranched alkanes of at least 4 members (excludes halogenated alkanes) is 1. The van der Waals surface area contributed by atoms with Gasteiger partial charge in [-0.05, 0) is 33.1 Å². The van der Waals surface area contributed by atoms with Crippen molar-refractivity contribution in [2.24, 2.45) is 4.99 Å². The summed E-state index contributed by atoms with van der Waals surface area (Å²) in [4.78, 5) is 6.43. The molecular weight excluding hydrogens is 252 g/mol. The zero-order valence-electron chi connectivity index (χ0n) is 13.1. The summed E-state index contributed by atoms with van der Waals surface area (Å²) < 4.78 is 5.16. The van der Waals surface area contributed by atoms with Crippen molar-refractivity contribution >= 4 is 5.96 Å². The molecular formula is C15H26N4O. The van der Waals surface area contributed by atoms with Gasteiger partial charge in [-0.3, -0.25) is 4.99 Å². The van der Waals surface area contributed by atoms with E-state index >= 15 is 0 Å². The van der Waals surface area contributed by atoms with Crippen molar-refractivity contribution < 1.29 is 4.52 Å². The van der Waals surface area contributed by atoms with Crippen molar-refractivity contribution in [1.29, 1.82) is 0 Å². The number of aromatic nitrogens is 1. The topological polar surface area (TPSA) is 53.7 Å². The quantitative estimate of drug-likeness (QED) is 0.360. The average Bonchev–Trinajstić information content (AvgIpc) is 2.75. The van der Waals surface area contributed by atoms with Crippen LogP contribution in [0.25, 0.3) is 0 Å². The molecule has 0 unspecified atom stereocenters. The standard InChI is InChI=1S/C15H26N4O/c1-6-7-8-11-19(5)15(16-4)17-10-9-14-12(2)18-20-13(14)3/h6H,1,7-11H2,2-5H3,(H,16,17). The number of aliphatic imine (C=N–C) groups is 1. The third kappa shape index (κ3) is 4.72. The van der Waals surface area contributed by atoms with Crippen LogP contribution < -0.4 is 5.32 Å². The van der Waals surface area contributed by atoms with Gasteiger partial charge in [-0.1, -0.05) is 11.2 Å². The first kappa shape index (κ1) is 16.3. The Bertz CT molecular complexity index is 431. The molecule has 1 rings (SSSR count). The summed E-state index contributed by atoms with van der Waals surface area (Å²) in [7, 11) is 3.86. The molecule has 112 valence electrons. The van der Waals surface area contributed by atoms with Crippen LogP contribution in [0.5, 0.6) is 0 Å². The van der Waals surface area contributed by atoms with Crippen molar-refractivity contribution in [1.82, 2.24) is 15.4 Å². The monoisotopic (exact) mass is 278 g/mol. The van der Waals surface area contributed by atoms with Gasteiger partial charge in [0.15, 0.2) is 5.96 Å². The predicted octanol–water partition coefficient (Wildman–Crippen LogP) is 2.31. The van der Waals surface area contributed by atoms with E-state index in [-0.39, 0.29) is 0 Å². The summed E-state index contributed by atoms with van der Waals surface area (Å²) in [5.74, 6) is 1.82. The highest BCUT2D eigenvalue weighted by molar-refractivity contribution is 5.79. The van der Waals surface area contributed by atoms with Crippen molar-refractivity contribution in [3.8, 4) is 0 Å². The second kappa shape index (κ2) is 8.40. The Morgan fingerprint density at radius 2 is 2.25 bits per heavy atom. The van der Waals surface area contributed by atoms with E-state index in [0.717, 1.165) is 49.8 Å². The fraction of sp³-hybridized carbons (Fsp3) is 0.600. The summed E-state index contributed by atoms with van der Waals surface area (Å²) in [6, 6.07) is 0. The van der Waals surface area contributed by atoms with Crippen LogP contribution in [-0.4, -0.2) is 43.2 Å². The van der Waals surface area contributed by atoms with Gasteiger partial charge in [0, 0.05) is 32.7 Å². The molecule has 1 N–H and O–H groups in total. The molecule has 0 spiro atoms. The van der Waals surface area contributed by atoms with E-state index in [1.807, 2.05) is 34.0 Å². The number of aryl methyl sites for hydroxylation is 2. The SMILES string of the molecule is C=CCCCN(C)C(=NC)NCCc1c(C)noc1C. The van der Waals surface area contributed by atoms with Crippen molar-refractivity contribution in [2.45, 2.75) is 33.1 Å². The van der Waals surface area contributed by atoms with Gasteiger partial charge in [0.2, 0.25) is 0 Å². The lowest BCUT2D eigenvalue weighted by Crippen LogP contribution is -2.40. The van der Waals surface area contributed by atoms with Crippen LogP contribution in [0.15, 0.2) is 22.2 Å². The van der Waals surface area contributed by atoms with Crippen LogP contribution in [0.1, 0.15) is 29.9 Å². The third-order valence-electron chi connectivity index (χ3n) is 3.31. The maximum atomic E-state index is 5.16. The molecule has 1 aromatic rings. The molecule has 0 aromatic carbocycles. The fourth-order valence-electron chi connectivity index (χ4n) is 2.12. The van der Waals surface area contributed by atoms with E-state index < -0.39 is 0 Å². The number of guanidine groups is 1. The van der Waals surface area contributed by atoms with Gasteiger partial charge in [-0.2, -0.15) is 0 Å². The van der Waals surface area contributed by atoms with E-state index in [9.17, 15) is 0 Å². The predicted molar refractivity (Wildman–Crippen MR) is 83.1 cm³/mol. The number of nitrogens with zero attached hydrogens (tertiary/aromatic N) is 3. The van der Waals surface area contributed by atoms with Gasteiger partial charge < -0.3 is 14.7 Å². The lowest BCUT2D eigenvalue weighted by Gasteiger charge is -2.21. The van der Waals surface area contributed by atoms with Crippen molar-refractivity contribution in [2.75, 3.05) is 27.2 Å². The molecule has 5 heteroatoms. The zero-order chi connectivity index (χ0) is 15.0. The second-order valence-corrected chi connectivity index (χ2v) is 4.88. The smallest absolute Gasteiger partial charge is 0.193 e. The highest BCUT2D eigenvalue weighted by atomic mass is 16.5. The third-order valence-corrected chi connectivity index (χ3v) is 3.31. The van der Waals surface area contributed by atoms with E-state index in [1.54, 1.807) is 0 Å². The molecule has 0 aliphatic heterocycles. The van der Waals surface area contributed by atoms with E-state index in [4.69, 9.17) is 4.52 Å². The van der Waals surface area contributed by atoms with Crippen LogP contribution in [0.3, 0.4) is 0 Å². The molecule has 0 saturated heterocycles. The van der Waals surface area contributed by atoms with Crippen LogP contribution in [0.4, 0.5) is 0 Å². The van der Waals surface area contributed by atoms with Crippen LogP contribution in [0.2, 0.25) is 0 Å². The summed E-state index contributed by atoms with van der Waals surface area (Å²) in [6.45, 7) is 9.45. The first-order valence-corrected chi connectivity index (χ1v) is 7.04. The average molecular weight is 278 g/mol. The van der Waals surface area contributed by atoms with Gasteiger partial charge in [-0.25, -0.2) is 0 Å². The molecule has 20 heavy (non-hydrogen) atoms. The van der Waals surface area contributed by atoms with Gasteiger partial charge in [0.05, 0.1) is 5.69 Å². The summed E-state index contributed by atoms with van der Waals surface area (Å²) in [5, 5.41) is 7.34. The number of hydrogen-bond donors (Lipinski definition) is 1. The zero-order valence-corrected chi connectivity index (χ0v) is 13.1. The fourth-order valence-corrected chi connectivity index (χ4v) is 2.12. The highest BCUT2D eigenvalue weighted by Gasteiger charge is 2.09. The van der Waals surface area contributed by atoms with E-state index in [1.165, 1.54) is 5.56 Å². The number of nitrogens with one attached hydrogen (secondary N) is 1. The Balaban J connectivity index is 2.40. The lowest BCUT2D eigenvalue weighted by molar-refractivity contribution is 0.392. The number of rotatable bonds is 7. The Hall–Kier alpha value is -1.78. The first-order valence-electron chi connectivity index (χ1n) is 7.04. The number of hydrogen-bond acceptors (Lipinski definition) is 3. The first-order chi connectivity index (χ1) is 9.60. The molecule has 0 amide bonds. The molecule has 1 aromatic heterocycles. The van der Waals surface area contributed by atoms with Gasteiger partial charge in [0.1, 0.15) is 5.76 Å². The lowest BCUT2D eigenvalue weighted by atomic mass is 10.1. The van der Waals surface area contributed by atoms with E-state index in [0.29, 0.717) is 0 Å².